The first-order valence-electron chi connectivity index (χ1n) is 7.43. The minimum Gasteiger partial charge on any atom is -0.356 e. The van der Waals surface area contributed by atoms with Crippen LogP contribution in [0.3, 0.4) is 0 Å². The molecule has 0 saturated carbocycles. The quantitative estimate of drug-likeness (QED) is 0.790. The molecule has 0 fully saturated rings. The summed E-state index contributed by atoms with van der Waals surface area (Å²) >= 11 is 0. The molecule has 0 saturated heterocycles. The molecular formula is C15H25N5. The first-order chi connectivity index (χ1) is 9.63. The van der Waals surface area contributed by atoms with E-state index in [9.17, 15) is 0 Å². The molecule has 0 aromatic carbocycles. The Kier molecular flexibility index (Phi) is 4.82. The Morgan fingerprint density at radius 1 is 1.25 bits per heavy atom. The monoisotopic (exact) mass is 275 g/mol. The number of nitrogens with one attached hydrogen (secondary N) is 1. The fourth-order valence-electron chi connectivity index (χ4n) is 2.38. The molecule has 2 aromatic heterocycles. The van der Waals surface area contributed by atoms with Crippen LogP contribution in [0.2, 0.25) is 0 Å². The van der Waals surface area contributed by atoms with Gasteiger partial charge in [0.1, 0.15) is 0 Å². The van der Waals surface area contributed by atoms with Crippen molar-refractivity contribution in [1.29, 1.82) is 0 Å². The Balaban J connectivity index is 2.15. The number of imidazole rings is 1. The van der Waals surface area contributed by atoms with Crippen molar-refractivity contribution in [3.63, 3.8) is 0 Å². The molecule has 5 nitrogen and oxygen atoms in total. The molecule has 1 N–H and O–H groups in total. The number of unbranched alkanes of at least 4 members (excludes halogenated alkanes) is 1. The third kappa shape index (κ3) is 3.40. The Morgan fingerprint density at radius 3 is 2.75 bits per heavy atom. The van der Waals surface area contributed by atoms with E-state index in [0.717, 1.165) is 31.2 Å². The van der Waals surface area contributed by atoms with Gasteiger partial charge in [-0.3, -0.25) is 4.68 Å². The first kappa shape index (κ1) is 14.6. The highest BCUT2D eigenvalue weighted by Crippen LogP contribution is 2.15. The first-order valence-corrected chi connectivity index (χ1v) is 7.43. The normalized spacial score (nSPS) is 11.0. The number of anilines is 1. The van der Waals surface area contributed by atoms with E-state index < -0.39 is 0 Å². The van der Waals surface area contributed by atoms with Crippen molar-refractivity contribution in [3.8, 4) is 0 Å². The van der Waals surface area contributed by atoms with Gasteiger partial charge in [-0.25, -0.2) is 4.98 Å². The van der Waals surface area contributed by atoms with Crippen LogP contribution in [0.25, 0.3) is 0 Å². The molecule has 5 heteroatoms. The molecule has 0 amide bonds. The van der Waals surface area contributed by atoms with E-state index in [-0.39, 0.29) is 0 Å². The summed E-state index contributed by atoms with van der Waals surface area (Å²) in [6.45, 7) is 8.17. The second-order valence-corrected chi connectivity index (χ2v) is 5.24. The minimum atomic E-state index is 0.826. The van der Waals surface area contributed by atoms with Crippen LogP contribution in [-0.2, 0) is 20.0 Å². The minimum absolute atomic E-state index is 0.826. The molecule has 0 bridgehead atoms. The zero-order valence-corrected chi connectivity index (χ0v) is 13.0. The van der Waals surface area contributed by atoms with Gasteiger partial charge in [-0.05, 0) is 19.8 Å². The summed E-state index contributed by atoms with van der Waals surface area (Å²) in [6.07, 6.45) is 7.52. The predicted octanol–water partition coefficient (Wildman–Crippen LogP) is 2.75. The summed E-state index contributed by atoms with van der Waals surface area (Å²) < 4.78 is 4.07. The van der Waals surface area contributed by atoms with Crippen molar-refractivity contribution in [2.75, 3.05) is 11.9 Å². The van der Waals surface area contributed by atoms with Crippen LogP contribution < -0.4 is 5.32 Å². The molecule has 0 unspecified atom stereocenters. The smallest absolute Gasteiger partial charge is 0.203 e. The Hall–Kier alpha value is -1.78. The van der Waals surface area contributed by atoms with Gasteiger partial charge in [0, 0.05) is 31.5 Å². The second kappa shape index (κ2) is 6.59. The summed E-state index contributed by atoms with van der Waals surface area (Å²) in [7, 11) is 1.97. The Bertz CT molecular complexity index is 553. The van der Waals surface area contributed by atoms with Gasteiger partial charge in [0.15, 0.2) is 0 Å². The SMILES string of the molecule is CCCCNc1nc(C)cn1Cc1cn(C)nc1CC. The molecule has 0 aliphatic carbocycles. The highest BCUT2D eigenvalue weighted by molar-refractivity contribution is 5.31. The lowest BCUT2D eigenvalue weighted by atomic mass is 10.2. The van der Waals surface area contributed by atoms with Crippen molar-refractivity contribution in [2.45, 2.75) is 46.6 Å². The van der Waals surface area contributed by atoms with Crippen LogP contribution in [0, 0.1) is 6.92 Å². The zero-order valence-electron chi connectivity index (χ0n) is 13.0. The van der Waals surface area contributed by atoms with Crippen molar-refractivity contribution >= 4 is 5.95 Å². The van der Waals surface area contributed by atoms with E-state index in [0.29, 0.717) is 0 Å². The van der Waals surface area contributed by atoms with Gasteiger partial charge in [-0.1, -0.05) is 20.3 Å². The molecule has 0 aliphatic heterocycles. The van der Waals surface area contributed by atoms with Gasteiger partial charge >= 0.3 is 0 Å². The summed E-state index contributed by atoms with van der Waals surface area (Å²) in [5.74, 6) is 0.960. The van der Waals surface area contributed by atoms with Gasteiger partial charge in [0.2, 0.25) is 5.95 Å². The largest absolute Gasteiger partial charge is 0.356 e. The van der Waals surface area contributed by atoms with Gasteiger partial charge in [-0.2, -0.15) is 5.10 Å². The molecule has 2 rings (SSSR count). The van der Waals surface area contributed by atoms with E-state index in [1.165, 1.54) is 24.1 Å². The molecule has 20 heavy (non-hydrogen) atoms. The van der Waals surface area contributed by atoms with E-state index in [2.05, 4.69) is 46.2 Å². The highest BCUT2D eigenvalue weighted by atomic mass is 15.3. The number of nitrogens with zero attached hydrogens (tertiary/aromatic N) is 4. The molecule has 110 valence electrons. The van der Waals surface area contributed by atoms with Crippen LogP contribution in [0.5, 0.6) is 0 Å². The summed E-state index contributed by atoms with van der Waals surface area (Å²) in [5, 5.41) is 7.92. The van der Waals surface area contributed by atoms with Gasteiger partial charge in [0.25, 0.3) is 0 Å². The molecule has 2 heterocycles. The summed E-state index contributed by atoms with van der Waals surface area (Å²) in [4.78, 5) is 4.57. The second-order valence-electron chi connectivity index (χ2n) is 5.24. The topological polar surface area (TPSA) is 47.7 Å². The maximum absolute atomic E-state index is 4.57. The zero-order chi connectivity index (χ0) is 14.5. The lowest BCUT2D eigenvalue weighted by Crippen LogP contribution is -2.09. The van der Waals surface area contributed by atoms with Crippen LogP contribution in [0.15, 0.2) is 12.4 Å². The maximum atomic E-state index is 4.57. The maximum Gasteiger partial charge on any atom is 0.203 e. The predicted molar refractivity (Wildman–Crippen MR) is 82.0 cm³/mol. The fourth-order valence-corrected chi connectivity index (χ4v) is 2.38. The fraction of sp³-hybridized carbons (Fsp3) is 0.600. The van der Waals surface area contributed by atoms with Crippen molar-refractivity contribution in [3.05, 3.63) is 29.3 Å². The standard InChI is InChI=1S/C15H25N5/c1-5-7-8-16-15-17-12(3)9-20(15)11-13-10-19(4)18-14(13)6-2/h9-10H,5-8,11H2,1-4H3,(H,16,17). The molecule has 0 spiro atoms. The van der Waals surface area contributed by atoms with E-state index in [1.807, 2.05) is 18.7 Å². The number of aryl methyl sites for hydroxylation is 3. The number of rotatable bonds is 7. The molecule has 0 radical (unpaired) electrons. The molecule has 2 aromatic rings. The summed E-state index contributed by atoms with van der Waals surface area (Å²) in [6, 6.07) is 0. The number of hydrogen-bond donors (Lipinski definition) is 1. The number of hydrogen-bond acceptors (Lipinski definition) is 3. The third-order valence-electron chi connectivity index (χ3n) is 3.38. The average Bonchev–Trinajstić information content (AvgIpc) is 2.93. The van der Waals surface area contributed by atoms with Gasteiger partial charge < -0.3 is 9.88 Å². The van der Waals surface area contributed by atoms with Crippen molar-refractivity contribution in [1.82, 2.24) is 19.3 Å². The number of aromatic nitrogens is 4. The third-order valence-corrected chi connectivity index (χ3v) is 3.38. The van der Waals surface area contributed by atoms with Crippen LogP contribution in [-0.4, -0.2) is 25.9 Å². The van der Waals surface area contributed by atoms with Gasteiger partial charge in [-0.15, -0.1) is 0 Å². The lowest BCUT2D eigenvalue weighted by molar-refractivity contribution is 0.746. The van der Waals surface area contributed by atoms with E-state index in [4.69, 9.17) is 0 Å². The van der Waals surface area contributed by atoms with Crippen LogP contribution >= 0.6 is 0 Å². The van der Waals surface area contributed by atoms with Crippen molar-refractivity contribution in [2.24, 2.45) is 7.05 Å². The molecule has 0 aliphatic rings. The average molecular weight is 275 g/mol. The summed E-state index contributed by atoms with van der Waals surface area (Å²) in [5.41, 5.74) is 3.48. The highest BCUT2D eigenvalue weighted by Gasteiger charge is 2.10. The molecule has 0 atom stereocenters. The van der Waals surface area contributed by atoms with Gasteiger partial charge in [0.05, 0.1) is 17.9 Å². The van der Waals surface area contributed by atoms with E-state index >= 15 is 0 Å². The van der Waals surface area contributed by atoms with E-state index in [1.54, 1.807) is 0 Å². The molecular weight excluding hydrogens is 250 g/mol. The lowest BCUT2D eigenvalue weighted by Gasteiger charge is -2.09. The van der Waals surface area contributed by atoms with Crippen LogP contribution in [0.4, 0.5) is 5.95 Å². The van der Waals surface area contributed by atoms with Crippen molar-refractivity contribution < 1.29 is 0 Å². The van der Waals surface area contributed by atoms with Crippen LogP contribution in [0.1, 0.15) is 43.6 Å². The Labute approximate surface area is 121 Å². The Morgan fingerprint density at radius 2 is 2.05 bits per heavy atom.